The van der Waals surface area contributed by atoms with Crippen LogP contribution < -0.4 is 15.6 Å². The van der Waals surface area contributed by atoms with Gasteiger partial charge in [0.05, 0.1) is 11.1 Å². The van der Waals surface area contributed by atoms with Crippen LogP contribution in [0.3, 0.4) is 0 Å². The number of aromatic carboxylic acids is 1. The summed E-state index contributed by atoms with van der Waals surface area (Å²) in [5.41, 5.74) is 6.18. The molecule has 0 saturated carbocycles. The molecule has 0 bridgehead atoms. The Labute approximate surface area is 144 Å². The predicted octanol–water partition coefficient (Wildman–Crippen LogP) is 1.84. The van der Waals surface area contributed by atoms with Gasteiger partial charge in [0, 0.05) is 0 Å². The van der Waals surface area contributed by atoms with Gasteiger partial charge in [0.2, 0.25) is 0 Å². The van der Waals surface area contributed by atoms with E-state index in [0.717, 1.165) is 11.1 Å². The lowest BCUT2D eigenvalue weighted by Crippen LogP contribution is -2.44. The van der Waals surface area contributed by atoms with Crippen LogP contribution in [0.25, 0.3) is 0 Å². The molecule has 0 aliphatic carbocycles. The van der Waals surface area contributed by atoms with Gasteiger partial charge in [-0.25, -0.2) is 4.79 Å². The lowest BCUT2D eigenvalue weighted by atomic mass is 10.1. The van der Waals surface area contributed by atoms with Crippen LogP contribution in [0.2, 0.25) is 0 Å². The molecule has 0 spiro atoms. The fourth-order valence-corrected chi connectivity index (χ4v) is 2.26. The first-order chi connectivity index (χ1) is 11.9. The van der Waals surface area contributed by atoms with E-state index in [1.54, 1.807) is 12.1 Å². The maximum atomic E-state index is 12.0. The minimum atomic E-state index is -1.23. The number of hydrogen-bond acceptors (Lipinski definition) is 4. The number of nitrogens with one attached hydrogen (secondary N) is 2. The molecular formula is C18H18N2O5. The topological polar surface area (TPSA) is 105 Å². The molecule has 0 unspecified atom stereocenters. The highest BCUT2D eigenvalue weighted by Crippen LogP contribution is 2.15. The highest BCUT2D eigenvalue weighted by molar-refractivity contribution is 6.05. The summed E-state index contributed by atoms with van der Waals surface area (Å²) in [5, 5.41) is 9.06. The number of hydrazine groups is 1. The monoisotopic (exact) mass is 342 g/mol. The van der Waals surface area contributed by atoms with Crippen molar-refractivity contribution in [1.82, 2.24) is 10.9 Å². The molecule has 2 rings (SSSR count). The first kappa shape index (κ1) is 18.0. The van der Waals surface area contributed by atoms with Gasteiger partial charge >= 0.3 is 5.97 Å². The SMILES string of the molecule is Cc1cc(C)cc(OCC(=O)NNC(=O)c2ccccc2C(=O)O)c1. The smallest absolute Gasteiger partial charge is 0.336 e. The van der Waals surface area contributed by atoms with Gasteiger partial charge in [-0.3, -0.25) is 20.4 Å². The first-order valence-corrected chi connectivity index (χ1v) is 7.49. The van der Waals surface area contributed by atoms with Crippen molar-refractivity contribution in [1.29, 1.82) is 0 Å². The summed E-state index contributed by atoms with van der Waals surface area (Å²) < 4.78 is 5.37. The van der Waals surface area contributed by atoms with Crippen LogP contribution in [0.15, 0.2) is 42.5 Å². The molecule has 0 saturated heterocycles. The Balaban J connectivity index is 1.89. The lowest BCUT2D eigenvalue weighted by molar-refractivity contribution is -0.123. The quantitative estimate of drug-likeness (QED) is 0.719. The number of carboxylic acids is 1. The zero-order valence-electron chi connectivity index (χ0n) is 13.8. The van der Waals surface area contributed by atoms with Crippen molar-refractivity contribution >= 4 is 17.8 Å². The van der Waals surface area contributed by atoms with Crippen molar-refractivity contribution in [2.45, 2.75) is 13.8 Å². The molecule has 2 aromatic rings. The summed E-state index contributed by atoms with van der Waals surface area (Å²) in [6, 6.07) is 11.3. The van der Waals surface area contributed by atoms with E-state index in [0.29, 0.717) is 5.75 Å². The Kier molecular flexibility index (Phi) is 5.73. The number of hydrogen-bond donors (Lipinski definition) is 3. The molecule has 0 aromatic heterocycles. The van der Waals surface area contributed by atoms with Crippen molar-refractivity contribution < 1.29 is 24.2 Å². The van der Waals surface area contributed by atoms with E-state index in [1.165, 1.54) is 24.3 Å². The van der Waals surface area contributed by atoms with Gasteiger partial charge in [-0.15, -0.1) is 0 Å². The summed E-state index contributed by atoms with van der Waals surface area (Å²) in [4.78, 5) is 34.9. The van der Waals surface area contributed by atoms with Crippen molar-refractivity contribution in [2.75, 3.05) is 6.61 Å². The van der Waals surface area contributed by atoms with Crippen LogP contribution in [-0.4, -0.2) is 29.5 Å². The summed E-state index contributed by atoms with van der Waals surface area (Å²) in [7, 11) is 0. The second-order valence-corrected chi connectivity index (χ2v) is 5.47. The molecule has 0 fully saturated rings. The van der Waals surface area contributed by atoms with Gasteiger partial charge in [-0.1, -0.05) is 18.2 Å². The van der Waals surface area contributed by atoms with Crippen LogP contribution in [0, 0.1) is 13.8 Å². The number of aryl methyl sites for hydroxylation is 2. The molecule has 25 heavy (non-hydrogen) atoms. The fourth-order valence-electron chi connectivity index (χ4n) is 2.26. The van der Waals surface area contributed by atoms with Crippen LogP contribution in [0.1, 0.15) is 31.8 Å². The Morgan fingerprint density at radius 1 is 0.960 bits per heavy atom. The van der Waals surface area contributed by atoms with Crippen molar-refractivity contribution in [2.24, 2.45) is 0 Å². The van der Waals surface area contributed by atoms with Gasteiger partial charge in [-0.05, 0) is 49.2 Å². The molecule has 0 atom stereocenters. The maximum absolute atomic E-state index is 12.0. The van der Waals surface area contributed by atoms with Gasteiger partial charge in [-0.2, -0.15) is 0 Å². The number of carbonyl (C=O) groups excluding carboxylic acids is 2. The molecule has 0 aliphatic rings. The van der Waals surface area contributed by atoms with Gasteiger partial charge < -0.3 is 9.84 Å². The third-order valence-corrected chi connectivity index (χ3v) is 3.28. The standard InChI is InChI=1S/C18H18N2O5/c1-11-7-12(2)9-13(8-11)25-10-16(21)19-20-17(22)14-5-3-4-6-15(14)18(23)24/h3-9H,10H2,1-2H3,(H,19,21)(H,20,22)(H,23,24). The molecule has 0 aliphatic heterocycles. The molecule has 130 valence electrons. The largest absolute Gasteiger partial charge is 0.484 e. The number of benzene rings is 2. The molecule has 2 amide bonds. The minimum Gasteiger partial charge on any atom is -0.484 e. The van der Waals surface area contributed by atoms with Crippen molar-refractivity contribution in [3.63, 3.8) is 0 Å². The van der Waals surface area contributed by atoms with Crippen LogP contribution >= 0.6 is 0 Å². The molecule has 3 N–H and O–H groups in total. The molecule has 2 aromatic carbocycles. The van der Waals surface area contributed by atoms with E-state index in [9.17, 15) is 14.4 Å². The molecule has 7 nitrogen and oxygen atoms in total. The Morgan fingerprint density at radius 2 is 1.56 bits per heavy atom. The minimum absolute atomic E-state index is 0.0504. The highest BCUT2D eigenvalue weighted by atomic mass is 16.5. The third-order valence-electron chi connectivity index (χ3n) is 3.28. The zero-order chi connectivity index (χ0) is 18.4. The van der Waals surface area contributed by atoms with Crippen molar-refractivity contribution in [3.05, 3.63) is 64.7 Å². The normalized spacial score (nSPS) is 10.0. The number of rotatable bonds is 5. The second kappa shape index (κ2) is 7.96. The first-order valence-electron chi connectivity index (χ1n) is 7.49. The Hall–Kier alpha value is -3.35. The Bertz CT molecular complexity index is 797. The van der Waals surface area contributed by atoms with Crippen LogP contribution in [0.5, 0.6) is 5.75 Å². The number of ether oxygens (including phenoxy) is 1. The van der Waals surface area contributed by atoms with Crippen LogP contribution in [-0.2, 0) is 4.79 Å². The summed E-state index contributed by atoms with van der Waals surface area (Å²) in [5.74, 6) is -1.97. The second-order valence-electron chi connectivity index (χ2n) is 5.47. The van der Waals surface area contributed by atoms with E-state index in [2.05, 4.69) is 10.9 Å². The number of amides is 2. The van der Waals surface area contributed by atoms with Gasteiger partial charge in [0.1, 0.15) is 5.75 Å². The van der Waals surface area contributed by atoms with Crippen molar-refractivity contribution in [3.8, 4) is 5.75 Å². The zero-order valence-corrected chi connectivity index (χ0v) is 13.8. The maximum Gasteiger partial charge on any atom is 0.336 e. The number of carboxylic acid groups (broad SMARTS) is 1. The van der Waals surface area contributed by atoms with E-state index < -0.39 is 17.8 Å². The van der Waals surface area contributed by atoms with Gasteiger partial charge in [0.25, 0.3) is 11.8 Å². The average molecular weight is 342 g/mol. The van der Waals surface area contributed by atoms with Gasteiger partial charge in [0.15, 0.2) is 6.61 Å². The van der Waals surface area contributed by atoms with E-state index in [-0.39, 0.29) is 17.7 Å². The third kappa shape index (κ3) is 5.07. The highest BCUT2D eigenvalue weighted by Gasteiger charge is 2.16. The molecule has 0 heterocycles. The van der Waals surface area contributed by atoms with Crippen LogP contribution in [0.4, 0.5) is 0 Å². The molecule has 0 radical (unpaired) electrons. The van der Waals surface area contributed by atoms with E-state index in [1.807, 2.05) is 19.9 Å². The summed E-state index contributed by atoms with van der Waals surface area (Å²) in [6.07, 6.45) is 0. The van der Waals surface area contributed by atoms with E-state index in [4.69, 9.17) is 9.84 Å². The number of carbonyl (C=O) groups is 3. The molecule has 7 heteroatoms. The molecular weight excluding hydrogens is 324 g/mol. The summed E-state index contributed by atoms with van der Waals surface area (Å²) >= 11 is 0. The Morgan fingerprint density at radius 3 is 2.16 bits per heavy atom. The van der Waals surface area contributed by atoms with E-state index >= 15 is 0 Å². The fraction of sp³-hybridized carbons (Fsp3) is 0.167. The summed E-state index contributed by atoms with van der Waals surface area (Å²) in [6.45, 7) is 3.55. The lowest BCUT2D eigenvalue weighted by Gasteiger charge is -2.10. The average Bonchev–Trinajstić information content (AvgIpc) is 2.57. The predicted molar refractivity (Wildman–Crippen MR) is 90.4 cm³/mol.